The molecular weight excluding hydrogens is 311 g/mol. The van der Waals surface area contributed by atoms with Crippen LogP contribution in [0.1, 0.15) is 44.7 Å². The molecule has 1 saturated heterocycles. The molecule has 1 aromatic rings. The van der Waals surface area contributed by atoms with Crippen LogP contribution in [-0.4, -0.2) is 40.8 Å². The molecule has 1 amide bonds. The highest BCUT2D eigenvalue weighted by atomic mass is 19.1. The van der Waals surface area contributed by atoms with E-state index in [9.17, 15) is 9.18 Å². The average molecular weight is 338 g/mol. The van der Waals surface area contributed by atoms with Crippen LogP contribution >= 0.6 is 0 Å². The van der Waals surface area contributed by atoms with Crippen molar-refractivity contribution in [3.63, 3.8) is 0 Å². The van der Waals surface area contributed by atoms with Crippen LogP contribution in [0, 0.1) is 5.82 Å². The van der Waals surface area contributed by atoms with Crippen molar-refractivity contribution >= 4 is 6.09 Å². The maximum atomic E-state index is 13.4. The summed E-state index contributed by atoms with van der Waals surface area (Å²) in [6.07, 6.45) is 1.62. The molecule has 1 aliphatic heterocycles. The zero-order chi connectivity index (χ0) is 17.7. The van der Waals surface area contributed by atoms with Crippen molar-refractivity contribution in [2.24, 2.45) is 0 Å². The van der Waals surface area contributed by atoms with Crippen molar-refractivity contribution in [1.82, 2.24) is 10.2 Å². The molecule has 1 aromatic carbocycles. The van der Waals surface area contributed by atoms with Gasteiger partial charge in [-0.1, -0.05) is 6.07 Å². The Labute approximate surface area is 142 Å². The first-order valence-corrected chi connectivity index (χ1v) is 8.38. The Kier molecular flexibility index (Phi) is 6.18. The maximum Gasteiger partial charge on any atom is 0.410 e. The van der Waals surface area contributed by atoms with Gasteiger partial charge in [0.15, 0.2) is 0 Å². The van der Waals surface area contributed by atoms with E-state index in [-0.39, 0.29) is 18.7 Å². The van der Waals surface area contributed by atoms with Crippen LogP contribution in [0.5, 0.6) is 0 Å². The molecule has 2 N–H and O–H groups in total. The quantitative estimate of drug-likeness (QED) is 0.886. The second-order valence-corrected chi connectivity index (χ2v) is 7.23. The van der Waals surface area contributed by atoms with Crippen LogP contribution in [0.15, 0.2) is 18.2 Å². The van der Waals surface area contributed by atoms with Gasteiger partial charge in [-0.3, -0.25) is 0 Å². The van der Waals surface area contributed by atoms with Gasteiger partial charge in [0, 0.05) is 31.2 Å². The average Bonchev–Trinajstić information content (AvgIpc) is 2.53. The van der Waals surface area contributed by atoms with Gasteiger partial charge in [0.1, 0.15) is 11.4 Å². The van der Waals surface area contributed by atoms with E-state index in [1.807, 2.05) is 20.8 Å². The summed E-state index contributed by atoms with van der Waals surface area (Å²) in [6, 6.07) is 4.91. The summed E-state index contributed by atoms with van der Waals surface area (Å²) in [5.74, 6) is -0.394. The summed E-state index contributed by atoms with van der Waals surface area (Å²) in [4.78, 5) is 13.9. The highest BCUT2D eigenvalue weighted by Crippen LogP contribution is 2.16. The van der Waals surface area contributed by atoms with Gasteiger partial charge in [0.25, 0.3) is 0 Å². The molecule has 0 aliphatic carbocycles. The van der Waals surface area contributed by atoms with E-state index in [1.54, 1.807) is 17.0 Å². The molecule has 0 radical (unpaired) electrons. The highest BCUT2D eigenvalue weighted by molar-refractivity contribution is 5.68. The Hall–Kier alpha value is -1.66. The van der Waals surface area contributed by atoms with E-state index in [1.165, 1.54) is 6.07 Å². The van der Waals surface area contributed by atoms with E-state index in [2.05, 4.69) is 5.32 Å². The molecule has 6 heteroatoms. The summed E-state index contributed by atoms with van der Waals surface area (Å²) in [7, 11) is 0. The van der Waals surface area contributed by atoms with Crippen LogP contribution in [-0.2, 0) is 17.9 Å². The number of nitrogens with zero attached hydrogens (tertiary/aromatic N) is 1. The number of carbonyl (C=O) groups excluding carboxylic acids is 1. The zero-order valence-electron chi connectivity index (χ0n) is 14.6. The van der Waals surface area contributed by atoms with Crippen molar-refractivity contribution in [2.45, 2.75) is 58.4 Å². The lowest BCUT2D eigenvalue weighted by Gasteiger charge is -2.34. The van der Waals surface area contributed by atoms with Gasteiger partial charge in [-0.05, 0) is 51.3 Å². The van der Waals surface area contributed by atoms with Crippen molar-refractivity contribution in [3.05, 3.63) is 35.1 Å². The fourth-order valence-corrected chi connectivity index (χ4v) is 2.76. The lowest BCUT2D eigenvalue weighted by Crippen LogP contribution is -2.49. The number of ether oxygens (including phenoxy) is 1. The van der Waals surface area contributed by atoms with E-state index in [0.29, 0.717) is 25.2 Å². The number of halogens is 1. The molecule has 5 nitrogen and oxygen atoms in total. The number of nitrogens with one attached hydrogen (secondary N) is 1. The van der Waals surface area contributed by atoms with Gasteiger partial charge in [-0.25, -0.2) is 9.18 Å². The molecule has 0 bridgehead atoms. The Morgan fingerprint density at radius 1 is 1.46 bits per heavy atom. The maximum absolute atomic E-state index is 13.4. The fraction of sp³-hybridized carbons (Fsp3) is 0.611. The molecule has 0 saturated carbocycles. The smallest absolute Gasteiger partial charge is 0.410 e. The van der Waals surface area contributed by atoms with Crippen molar-refractivity contribution < 1.29 is 19.0 Å². The van der Waals surface area contributed by atoms with Crippen LogP contribution in [0.25, 0.3) is 0 Å². The number of amides is 1. The Morgan fingerprint density at radius 2 is 2.21 bits per heavy atom. The lowest BCUT2D eigenvalue weighted by molar-refractivity contribution is 0.0187. The Balaban J connectivity index is 1.88. The Bertz CT molecular complexity index is 572. The molecular formula is C18H27FN2O3. The van der Waals surface area contributed by atoms with Gasteiger partial charge < -0.3 is 20.1 Å². The number of carbonyl (C=O) groups is 1. The summed E-state index contributed by atoms with van der Waals surface area (Å²) >= 11 is 0. The molecule has 0 aromatic heterocycles. The van der Waals surface area contributed by atoms with Crippen molar-refractivity contribution in [2.75, 3.05) is 13.1 Å². The number of hydrogen-bond donors (Lipinski definition) is 2. The number of aliphatic hydroxyl groups is 1. The van der Waals surface area contributed by atoms with Crippen LogP contribution in [0.4, 0.5) is 9.18 Å². The first-order chi connectivity index (χ1) is 11.3. The molecule has 2 rings (SSSR count). The third kappa shape index (κ3) is 5.46. The van der Waals surface area contributed by atoms with Gasteiger partial charge in [0.05, 0.1) is 6.61 Å². The molecule has 1 fully saturated rings. The minimum Gasteiger partial charge on any atom is -0.444 e. The molecule has 1 aliphatic rings. The third-order valence-electron chi connectivity index (χ3n) is 3.95. The zero-order valence-corrected chi connectivity index (χ0v) is 14.6. The largest absolute Gasteiger partial charge is 0.444 e. The lowest BCUT2D eigenvalue weighted by atomic mass is 10.0. The number of rotatable bonds is 4. The van der Waals surface area contributed by atoms with Gasteiger partial charge in [0.2, 0.25) is 0 Å². The minimum atomic E-state index is -0.494. The molecule has 24 heavy (non-hydrogen) atoms. The van der Waals surface area contributed by atoms with Crippen LogP contribution in [0.2, 0.25) is 0 Å². The van der Waals surface area contributed by atoms with E-state index < -0.39 is 11.4 Å². The minimum absolute atomic E-state index is 0.175. The van der Waals surface area contributed by atoms with E-state index >= 15 is 0 Å². The first kappa shape index (κ1) is 18.7. The predicted octanol–water partition coefficient (Wildman–Crippen LogP) is 2.81. The van der Waals surface area contributed by atoms with Gasteiger partial charge in [-0.2, -0.15) is 0 Å². The van der Waals surface area contributed by atoms with E-state index in [0.717, 1.165) is 18.4 Å². The normalized spacial score (nSPS) is 18.5. The topological polar surface area (TPSA) is 61.8 Å². The number of piperidine rings is 1. The summed E-state index contributed by atoms with van der Waals surface area (Å²) < 4.78 is 18.8. The monoisotopic (exact) mass is 338 g/mol. The van der Waals surface area contributed by atoms with E-state index in [4.69, 9.17) is 9.84 Å². The van der Waals surface area contributed by atoms with Crippen molar-refractivity contribution in [3.8, 4) is 0 Å². The van der Waals surface area contributed by atoms with Crippen LogP contribution < -0.4 is 5.32 Å². The van der Waals surface area contributed by atoms with Crippen LogP contribution in [0.3, 0.4) is 0 Å². The van der Waals surface area contributed by atoms with Gasteiger partial charge >= 0.3 is 6.09 Å². The molecule has 1 unspecified atom stereocenters. The molecule has 1 heterocycles. The summed E-state index contributed by atoms with van der Waals surface area (Å²) in [6.45, 7) is 7.14. The number of aliphatic hydroxyl groups excluding tert-OH is 1. The molecule has 0 spiro atoms. The number of hydrogen-bond acceptors (Lipinski definition) is 4. The second-order valence-electron chi connectivity index (χ2n) is 7.23. The predicted molar refractivity (Wildman–Crippen MR) is 90.0 cm³/mol. The molecule has 1 atom stereocenters. The first-order valence-electron chi connectivity index (χ1n) is 8.38. The second kappa shape index (κ2) is 7.94. The third-order valence-corrected chi connectivity index (χ3v) is 3.95. The fourth-order valence-electron chi connectivity index (χ4n) is 2.76. The van der Waals surface area contributed by atoms with Gasteiger partial charge in [-0.15, -0.1) is 0 Å². The Morgan fingerprint density at radius 3 is 2.88 bits per heavy atom. The summed E-state index contributed by atoms with van der Waals surface area (Å²) in [5.41, 5.74) is 0.717. The van der Waals surface area contributed by atoms with Crippen molar-refractivity contribution in [1.29, 1.82) is 0 Å². The molecule has 134 valence electrons. The SMILES string of the molecule is CC(C)(C)OC(=O)N1CCCC(NCc2ccc(F)c(CO)c2)C1. The number of likely N-dealkylation sites (tertiary alicyclic amines) is 1. The number of benzene rings is 1. The highest BCUT2D eigenvalue weighted by Gasteiger charge is 2.27. The summed E-state index contributed by atoms with van der Waals surface area (Å²) in [5, 5.41) is 12.5. The standard InChI is InChI=1S/C18H27FN2O3/c1-18(2,3)24-17(23)21-8-4-5-15(11-21)20-10-13-6-7-16(19)14(9-13)12-22/h6-7,9,15,20,22H,4-5,8,10-12H2,1-3H3.